The summed E-state index contributed by atoms with van der Waals surface area (Å²) in [7, 11) is 0. The summed E-state index contributed by atoms with van der Waals surface area (Å²) in [5.74, 6) is 3.30. The molecule has 0 aliphatic heterocycles. The SMILES string of the molecule is C#CCCCCCCCCC(=O)NCCCCn1cnc2c(N)nc3ccccc3c21. The third-order valence-corrected chi connectivity index (χ3v) is 5.60. The first-order valence-electron chi connectivity index (χ1n) is 11.4. The average molecular weight is 420 g/mol. The summed E-state index contributed by atoms with van der Waals surface area (Å²) in [5, 5.41) is 4.10. The molecule has 1 amide bonds. The van der Waals surface area contributed by atoms with Gasteiger partial charge in [0.25, 0.3) is 0 Å². The summed E-state index contributed by atoms with van der Waals surface area (Å²) < 4.78 is 2.14. The van der Waals surface area contributed by atoms with Crippen LogP contribution in [-0.4, -0.2) is 27.0 Å². The highest BCUT2D eigenvalue weighted by atomic mass is 16.1. The second-order valence-electron chi connectivity index (χ2n) is 8.03. The second-order valence-corrected chi connectivity index (χ2v) is 8.03. The number of nitrogens with one attached hydrogen (secondary N) is 1. The molecule has 0 radical (unpaired) electrons. The standard InChI is InChI=1S/C25H33N5O/c1-2-3-4-5-6-7-8-9-16-22(31)27-17-12-13-18-30-19-28-23-24(30)20-14-10-11-15-21(20)29-25(23)26/h1,10-11,14-15,19H,3-9,12-13,16-18H2,(H2,26,29)(H,27,31). The molecule has 0 fully saturated rings. The van der Waals surface area contributed by atoms with Crippen LogP contribution >= 0.6 is 0 Å². The van der Waals surface area contributed by atoms with E-state index in [2.05, 4.69) is 31.8 Å². The highest BCUT2D eigenvalue weighted by Crippen LogP contribution is 2.27. The molecule has 0 aliphatic carbocycles. The Hall–Kier alpha value is -3.07. The Morgan fingerprint density at radius 2 is 1.84 bits per heavy atom. The number of rotatable bonds is 13. The minimum absolute atomic E-state index is 0.158. The fraction of sp³-hybridized carbons (Fsp3) is 0.480. The van der Waals surface area contributed by atoms with E-state index >= 15 is 0 Å². The van der Waals surface area contributed by atoms with Crippen molar-refractivity contribution in [3.05, 3.63) is 30.6 Å². The Morgan fingerprint density at radius 1 is 1.06 bits per heavy atom. The van der Waals surface area contributed by atoms with Crippen LogP contribution in [0.3, 0.4) is 0 Å². The number of carbonyl (C=O) groups excluding carboxylic acids is 1. The lowest BCUT2D eigenvalue weighted by atomic mass is 10.1. The lowest BCUT2D eigenvalue weighted by molar-refractivity contribution is -0.121. The Morgan fingerprint density at radius 3 is 2.68 bits per heavy atom. The van der Waals surface area contributed by atoms with Crippen LogP contribution in [0.15, 0.2) is 30.6 Å². The van der Waals surface area contributed by atoms with Gasteiger partial charge in [-0.3, -0.25) is 4.79 Å². The third kappa shape index (κ3) is 6.45. The predicted molar refractivity (Wildman–Crippen MR) is 127 cm³/mol. The molecule has 0 spiro atoms. The van der Waals surface area contributed by atoms with Crippen molar-refractivity contribution in [2.45, 2.75) is 70.8 Å². The summed E-state index contributed by atoms with van der Waals surface area (Å²) in [6.45, 7) is 1.54. The van der Waals surface area contributed by atoms with Gasteiger partial charge in [0.05, 0.1) is 17.4 Å². The van der Waals surface area contributed by atoms with Crippen LogP contribution < -0.4 is 11.1 Å². The van der Waals surface area contributed by atoms with Crippen LogP contribution in [-0.2, 0) is 11.3 Å². The number of aromatic nitrogens is 3. The molecule has 6 heteroatoms. The lowest BCUT2D eigenvalue weighted by Crippen LogP contribution is -2.24. The molecular weight excluding hydrogens is 386 g/mol. The number of fused-ring (bicyclic) bond motifs is 3. The number of aryl methyl sites for hydroxylation is 1. The van der Waals surface area contributed by atoms with E-state index in [4.69, 9.17) is 12.2 Å². The van der Waals surface area contributed by atoms with E-state index in [-0.39, 0.29) is 5.91 Å². The lowest BCUT2D eigenvalue weighted by Gasteiger charge is -2.08. The Labute approximate surface area is 184 Å². The van der Waals surface area contributed by atoms with Crippen LogP contribution in [0.1, 0.15) is 64.2 Å². The number of hydrogen-bond donors (Lipinski definition) is 2. The highest BCUT2D eigenvalue weighted by Gasteiger charge is 2.11. The third-order valence-electron chi connectivity index (χ3n) is 5.60. The number of benzene rings is 1. The predicted octanol–water partition coefficient (Wildman–Crippen LogP) is 4.82. The largest absolute Gasteiger partial charge is 0.382 e. The van der Waals surface area contributed by atoms with Crippen LogP contribution in [0, 0.1) is 12.3 Å². The maximum Gasteiger partial charge on any atom is 0.219 e. The number of anilines is 1. The number of imidazole rings is 1. The molecule has 0 saturated heterocycles. The molecular formula is C25H33N5O. The monoisotopic (exact) mass is 419 g/mol. The minimum atomic E-state index is 0.158. The summed E-state index contributed by atoms with van der Waals surface area (Å²) >= 11 is 0. The molecule has 6 nitrogen and oxygen atoms in total. The summed E-state index contributed by atoms with van der Waals surface area (Å²) in [6.07, 6.45) is 17.3. The van der Waals surface area contributed by atoms with E-state index in [1.807, 2.05) is 24.5 Å². The van der Waals surface area contributed by atoms with Crippen molar-refractivity contribution in [2.24, 2.45) is 0 Å². The van der Waals surface area contributed by atoms with E-state index in [9.17, 15) is 4.79 Å². The topological polar surface area (TPSA) is 85.8 Å². The van der Waals surface area contributed by atoms with Crippen molar-refractivity contribution in [3.8, 4) is 12.3 Å². The number of nitrogens with zero attached hydrogens (tertiary/aromatic N) is 3. The van der Waals surface area contributed by atoms with Gasteiger partial charge in [-0.25, -0.2) is 9.97 Å². The Kier molecular flexibility index (Phi) is 8.71. The maximum absolute atomic E-state index is 12.0. The smallest absolute Gasteiger partial charge is 0.219 e. The molecule has 2 aromatic heterocycles. The van der Waals surface area contributed by atoms with E-state index in [0.29, 0.717) is 18.8 Å². The van der Waals surface area contributed by atoms with Gasteiger partial charge < -0.3 is 15.6 Å². The number of amides is 1. The van der Waals surface area contributed by atoms with Crippen molar-refractivity contribution in [3.63, 3.8) is 0 Å². The quantitative estimate of drug-likeness (QED) is 0.307. The summed E-state index contributed by atoms with van der Waals surface area (Å²) in [4.78, 5) is 20.9. The van der Waals surface area contributed by atoms with Crippen LogP contribution in [0.4, 0.5) is 5.82 Å². The molecule has 2 heterocycles. The molecule has 0 aliphatic rings. The molecule has 3 rings (SSSR count). The molecule has 0 saturated carbocycles. The van der Waals surface area contributed by atoms with Crippen molar-refractivity contribution in [1.82, 2.24) is 19.9 Å². The van der Waals surface area contributed by atoms with Gasteiger partial charge in [0.15, 0.2) is 5.82 Å². The summed E-state index contributed by atoms with van der Waals surface area (Å²) in [6, 6.07) is 7.99. The molecule has 164 valence electrons. The maximum atomic E-state index is 12.0. The normalized spacial score (nSPS) is 11.1. The van der Waals surface area contributed by atoms with Crippen LogP contribution in [0.25, 0.3) is 21.9 Å². The zero-order valence-electron chi connectivity index (χ0n) is 18.3. The molecule has 3 aromatic rings. The number of para-hydroxylation sites is 1. The Bertz CT molecular complexity index is 1030. The second kappa shape index (κ2) is 11.9. The van der Waals surface area contributed by atoms with Crippen molar-refractivity contribution >= 4 is 33.7 Å². The van der Waals surface area contributed by atoms with Gasteiger partial charge in [-0.15, -0.1) is 12.3 Å². The first kappa shape index (κ1) is 22.6. The molecule has 0 atom stereocenters. The number of nitrogens with two attached hydrogens (primary N) is 1. The van der Waals surface area contributed by atoms with Gasteiger partial charge in [0.1, 0.15) is 5.52 Å². The summed E-state index contributed by atoms with van der Waals surface area (Å²) in [5.41, 5.74) is 8.76. The van der Waals surface area contributed by atoms with Crippen molar-refractivity contribution in [1.29, 1.82) is 0 Å². The van der Waals surface area contributed by atoms with E-state index in [1.54, 1.807) is 0 Å². The zero-order chi connectivity index (χ0) is 21.9. The molecule has 31 heavy (non-hydrogen) atoms. The average Bonchev–Trinajstić information content (AvgIpc) is 3.20. The van der Waals surface area contributed by atoms with Gasteiger partial charge >= 0.3 is 0 Å². The fourth-order valence-electron chi connectivity index (χ4n) is 3.92. The van der Waals surface area contributed by atoms with Crippen LogP contribution in [0.5, 0.6) is 0 Å². The van der Waals surface area contributed by atoms with Gasteiger partial charge in [-0.1, -0.05) is 43.9 Å². The molecule has 0 unspecified atom stereocenters. The zero-order valence-corrected chi connectivity index (χ0v) is 18.3. The van der Waals surface area contributed by atoms with E-state index in [1.165, 1.54) is 19.3 Å². The fourth-order valence-corrected chi connectivity index (χ4v) is 3.92. The number of hydrogen-bond acceptors (Lipinski definition) is 4. The van der Waals surface area contributed by atoms with Crippen LogP contribution in [0.2, 0.25) is 0 Å². The van der Waals surface area contributed by atoms with Gasteiger partial charge in [-0.2, -0.15) is 0 Å². The first-order chi connectivity index (χ1) is 15.2. The highest BCUT2D eigenvalue weighted by molar-refractivity contribution is 6.06. The molecule has 1 aromatic carbocycles. The number of nitrogen functional groups attached to an aromatic ring is 1. The first-order valence-corrected chi connectivity index (χ1v) is 11.4. The van der Waals surface area contributed by atoms with E-state index in [0.717, 1.165) is 67.0 Å². The number of carbonyl (C=O) groups is 1. The molecule has 3 N–H and O–H groups in total. The Balaban J connectivity index is 1.35. The van der Waals surface area contributed by atoms with Gasteiger partial charge in [0, 0.05) is 31.3 Å². The van der Waals surface area contributed by atoms with Crippen molar-refractivity contribution in [2.75, 3.05) is 12.3 Å². The number of unbranched alkanes of at least 4 members (excludes halogenated alkanes) is 7. The minimum Gasteiger partial charge on any atom is -0.382 e. The van der Waals surface area contributed by atoms with Crippen molar-refractivity contribution < 1.29 is 4.79 Å². The van der Waals surface area contributed by atoms with Gasteiger partial charge in [0.2, 0.25) is 5.91 Å². The van der Waals surface area contributed by atoms with E-state index < -0.39 is 0 Å². The number of pyridine rings is 1. The molecule has 0 bridgehead atoms. The van der Waals surface area contributed by atoms with Gasteiger partial charge in [-0.05, 0) is 31.7 Å². The number of terminal acetylenes is 1.